The molecule has 0 aromatic rings. The van der Waals surface area contributed by atoms with E-state index in [-0.39, 0.29) is 11.3 Å². The lowest BCUT2D eigenvalue weighted by Gasteiger charge is -2.14. The molecule has 1 rings (SSSR count). The van der Waals surface area contributed by atoms with Gasteiger partial charge in [0, 0.05) is 7.05 Å². The molecule has 2 nitrogen and oxygen atoms in total. The van der Waals surface area contributed by atoms with Gasteiger partial charge in [0.05, 0.1) is 0 Å². The van der Waals surface area contributed by atoms with Gasteiger partial charge in [0.25, 0.3) is 0 Å². The van der Waals surface area contributed by atoms with E-state index in [2.05, 4.69) is 5.32 Å². The predicted octanol–water partition coefficient (Wildman–Crippen LogP) is 1.53. The maximum Gasteiger partial charge on any atom is 0.238 e. The lowest BCUT2D eigenvalue weighted by Crippen LogP contribution is -2.32. The van der Waals surface area contributed by atoms with Gasteiger partial charge < -0.3 is 5.32 Å². The van der Waals surface area contributed by atoms with Gasteiger partial charge in [-0.25, -0.2) is 0 Å². The SMILES string of the molecule is CNC(=O)C(Cl)C1CCCC1. The van der Waals surface area contributed by atoms with Gasteiger partial charge >= 0.3 is 0 Å². The zero-order valence-electron chi connectivity index (χ0n) is 6.77. The van der Waals surface area contributed by atoms with Crippen LogP contribution in [0.25, 0.3) is 0 Å². The number of halogens is 1. The molecule has 1 aliphatic rings. The molecule has 0 heterocycles. The largest absolute Gasteiger partial charge is 0.358 e. The van der Waals surface area contributed by atoms with Crippen LogP contribution in [-0.4, -0.2) is 18.3 Å². The zero-order chi connectivity index (χ0) is 8.27. The maximum absolute atomic E-state index is 11.1. The van der Waals surface area contributed by atoms with Gasteiger partial charge in [-0.1, -0.05) is 12.8 Å². The summed E-state index contributed by atoms with van der Waals surface area (Å²) in [5.41, 5.74) is 0. The fraction of sp³-hybridized carbons (Fsp3) is 0.875. The summed E-state index contributed by atoms with van der Waals surface area (Å²) < 4.78 is 0. The van der Waals surface area contributed by atoms with Crippen LogP contribution in [0.2, 0.25) is 0 Å². The molecule has 0 aliphatic heterocycles. The summed E-state index contributed by atoms with van der Waals surface area (Å²) in [6.07, 6.45) is 4.68. The minimum absolute atomic E-state index is 0.0291. The Labute approximate surface area is 72.3 Å². The molecule has 1 atom stereocenters. The zero-order valence-corrected chi connectivity index (χ0v) is 7.53. The number of nitrogens with one attached hydrogen (secondary N) is 1. The first-order chi connectivity index (χ1) is 5.25. The minimum atomic E-state index is -0.303. The molecule has 0 aromatic carbocycles. The molecule has 0 saturated heterocycles. The van der Waals surface area contributed by atoms with Gasteiger partial charge in [-0.3, -0.25) is 4.79 Å². The van der Waals surface area contributed by atoms with E-state index in [9.17, 15) is 4.79 Å². The molecule has 64 valence electrons. The summed E-state index contributed by atoms with van der Waals surface area (Å²) >= 11 is 5.93. The summed E-state index contributed by atoms with van der Waals surface area (Å²) in [5, 5.41) is 2.27. The van der Waals surface area contributed by atoms with E-state index in [1.807, 2.05) is 0 Å². The first kappa shape index (κ1) is 8.85. The first-order valence-electron chi connectivity index (χ1n) is 4.11. The lowest BCUT2D eigenvalue weighted by molar-refractivity contribution is -0.121. The number of amides is 1. The van der Waals surface area contributed by atoms with Crippen LogP contribution < -0.4 is 5.32 Å². The highest BCUT2D eigenvalue weighted by Crippen LogP contribution is 2.30. The van der Waals surface area contributed by atoms with Crippen LogP contribution in [0, 0.1) is 5.92 Å². The third kappa shape index (κ3) is 2.09. The Balaban J connectivity index is 2.39. The van der Waals surface area contributed by atoms with Crippen LogP contribution in [0.4, 0.5) is 0 Å². The molecule has 0 bridgehead atoms. The second kappa shape index (κ2) is 3.96. The maximum atomic E-state index is 11.1. The average molecular weight is 176 g/mol. The Hall–Kier alpha value is -0.240. The fourth-order valence-corrected chi connectivity index (χ4v) is 1.96. The molecule has 1 N–H and O–H groups in total. The van der Waals surface area contributed by atoms with Gasteiger partial charge in [0.15, 0.2) is 0 Å². The number of carbonyl (C=O) groups is 1. The monoisotopic (exact) mass is 175 g/mol. The van der Waals surface area contributed by atoms with Crippen molar-refractivity contribution in [1.82, 2.24) is 5.32 Å². The van der Waals surface area contributed by atoms with E-state index in [1.165, 1.54) is 12.8 Å². The van der Waals surface area contributed by atoms with Crippen LogP contribution in [0.5, 0.6) is 0 Å². The topological polar surface area (TPSA) is 29.1 Å². The Kier molecular flexibility index (Phi) is 3.18. The number of hydrogen-bond acceptors (Lipinski definition) is 1. The molecular formula is C8H14ClNO. The molecule has 11 heavy (non-hydrogen) atoms. The van der Waals surface area contributed by atoms with Crippen LogP contribution in [0.3, 0.4) is 0 Å². The van der Waals surface area contributed by atoms with Crippen LogP contribution in [0.1, 0.15) is 25.7 Å². The summed E-state index contributed by atoms with van der Waals surface area (Å²) in [5.74, 6) is 0.384. The van der Waals surface area contributed by atoms with Gasteiger partial charge in [0.2, 0.25) is 5.91 Å². The van der Waals surface area contributed by atoms with Crippen molar-refractivity contribution in [3.63, 3.8) is 0 Å². The van der Waals surface area contributed by atoms with E-state index in [0.717, 1.165) is 12.8 Å². The molecule has 1 saturated carbocycles. The van der Waals surface area contributed by atoms with E-state index in [0.29, 0.717) is 5.92 Å². The van der Waals surface area contributed by atoms with Crippen molar-refractivity contribution in [3.8, 4) is 0 Å². The van der Waals surface area contributed by atoms with E-state index in [4.69, 9.17) is 11.6 Å². The third-order valence-electron chi connectivity index (χ3n) is 2.31. The normalized spacial score (nSPS) is 21.6. The molecule has 0 spiro atoms. The summed E-state index contributed by atoms with van der Waals surface area (Å²) in [6.45, 7) is 0. The van der Waals surface area contributed by atoms with Crippen LogP contribution >= 0.6 is 11.6 Å². The number of alkyl halides is 1. The van der Waals surface area contributed by atoms with Gasteiger partial charge in [0.1, 0.15) is 5.38 Å². The predicted molar refractivity (Wildman–Crippen MR) is 45.7 cm³/mol. The number of carbonyl (C=O) groups excluding carboxylic acids is 1. The summed E-state index contributed by atoms with van der Waals surface area (Å²) in [6, 6.07) is 0. The van der Waals surface area contributed by atoms with E-state index in [1.54, 1.807) is 7.05 Å². The Bertz CT molecular complexity index is 143. The second-order valence-corrected chi connectivity index (χ2v) is 3.53. The van der Waals surface area contributed by atoms with E-state index >= 15 is 0 Å². The van der Waals surface area contributed by atoms with Crippen LogP contribution in [0.15, 0.2) is 0 Å². The van der Waals surface area contributed by atoms with E-state index < -0.39 is 0 Å². The van der Waals surface area contributed by atoms with Crippen molar-refractivity contribution in [1.29, 1.82) is 0 Å². The van der Waals surface area contributed by atoms with Crippen LogP contribution in [-0.2, 0) is 4.79 Å². The highest BCUT2D eigenvalue weighted by atomic mass is 35.5. The summed E-state index contributed by atoms with van der Waals surface area (Å²) in [4.78, 5) is 11.1. The number of hydrogen-bond donors (Lipinski definition) is 1. The standard InChI is InChI=1S/C8H14ClNO/c1-10-8(11)7(9)6-4-2-3-5-6/h6-7H,2-5H2,1H3,(H,10,11). The van der Waals surface area contributed by atoms with Gasteiger partial charge in [-0.2, -0.15) is 0 Å². The Morgan fingerprint density at radius 3 is 2.55 bits per heavy atom. The van der Waals surface area contributed by atoms with Crippen molar-refractivity contribution >= 4 is 17.5 Å². The van der Waals surface area contributed by atoms with Crippen molar-refractivity contribution < 1.29 is 4.79 Å². The van der Waals surface area contributed by atoms with Gasteiger partial charge in [-0.05, 0) is 18.8 Å². The van der Waals surface area contributed by atoms with Crippen molar-refractivity contribution in [3.05, 3.63) is 0 Å². The molecule has 3 heteroatoms. The van der Waals surface area contributed by atoms with Crippen molar-refractivity contribution in [2.45, 2.75) is 31.1 Å². The van der Waals surface area contributed by atoms with Gasteiger partial charge in [-0.15, -0.1) is 11.6 Å². The number of rotatable bonds is 2. The van der Waals surface area contributed by atoms with Crippen molar-refractivity contribution in [2.75, 3.05) is 7.05 Å². The molecule has 1 amide bonds. The highest BCUT2D eigenvalue weighted by Gasteiger charge is 2.27. The quantitative estimate of drug-likeness (QED) is 0.634. The molecule has 1 fully saturated rings. The molecule has 1 unspecified atom stereocenters. The molecule has 0 radical (unpaired) electrons. The average Bonchev–Trinajstić information content (AvgIpc) is 2.53. The summed E-state index contributed by atoms with van der Waals surface area (Å²) in [7, 11) is 1.63. The lowest BCUT2D eigenvalue weighted by atomic mass is 10.0. The Morgan fingerprint density at radius 1 is 1.55 bits per heavy atom. The second-order valence-electron chi connectivity index (χ2n) is 3.06. The molecular weight excluding hydrogens is 162 g/mol. The van der Waals surface area contributed by atoms with Crippen molar-refractivity contribution in [2.24, 2.45) is 5.92 Å². The molecule has 0 aromatic heterocycles. The third-order valence-corrected chi connectivity index (χ3v) is 2.87. The highest BCUT2D eigenvalue weighted by molar-refractivity contribution is 6.30. The minimum Gasteiger partial charge on any atom is -0.358 e. The fourth-order valence-electron chi connectivity index (χ4n) is 1.60. The Morgan fingerprint density at radius 2 is 2.09 bits per heavy atom. The smallest absolute Gasteiger partial charge is 0.238 e. The first-order valence-corrected chi connectivity index (χ1v) is 4.55. The molecule has 1 aliphatic carbocycles.